The number of nitrogens with zero attached hydrogens (tertiary/aromatic N) is 3. The third-order valence-corrected chi connectivity index (χ3v) is 3.12. The predicted molar refractivity (Wildman–Crippen MR) is 82.8 cm³/mol. The highest BCUT2D eigenvalue weighted by atomic mass is 16.6. The van der Waals surface area contributed by atoms with E-state index in [1.807, 2.05) is 0 Å². The molecule has 2 atom stereocenters. The van der Waals surface area contributed by atoms with E-state index < -0.39 is 23.9 Å². The minimum atomic E-state index is -1.12. The average Bonchev–Trinajstić information content (AvgIpc) is 2.88. The zero-order valence-corrected chi connectivity index (χ0v) is 13.4. The summed E-state index contributed by atoms with van der Waals surface area (Å²) in [6, 6.07) is 0. The van der Waals surface area contributed by atoms with E-state index >= 15 is 0 Å². The molecule has 3 N–H and O–H groups in total. The maximum atomic E-state index is 11.5. The second-order valence-corrected chi connectivity index (χ2v) is 6.22. The molecule has 126 valence electrons. The van der Waals surface area contributed by atoms with Gasteiger partial charge in [0.25, 0.3) is 0 Å². The number of carbonyl (C=O) groups is 1. The third-order valence-electron chi connectivity index (χ3n) is 3.12. The first-order valence-electron chi connectivity index (χ1n) is 7.38. The monoisotopic (exact) mass is 322 g/mol. The van der Waals surface area contributed by atoms with Gasteiger partial charge in [-0.15, -0.1) is 0 Å². The first-order valence-corrected chi connectivity index (χ1v) is 7.38. The number of carbonyl (C=O) groups excluding carboxylic acids is 1. The normalized spacial score (nSPS) is 14.5. The van der Waals surface area contributed by atoms with E-state index in [9.17, 15) is 15.0 Å². The highest BCUT2D eigenvalue weighted by Gasteiger charge is 2.22. The van der Waals surface area contributed by atoms with Crippen molar-refractivity contribution in [2.45, 2.75) is 45.0 Å². The van der Waals surface area contributed by atoms with Gasteiger partial charge in [0.2, 0.25) is 0 Å². The number of aliphatic hydroxyl groups excluding tert-OH is 2. The van der Waals surface area contributed by atoms with Crippen LogP contribution in [0.25, 0.3) is 5.65 Å². The summed E-state index contributed by atoms with van der Waals surface area (Å²) < 4.78 is 6.75. The van der Waals surface area contributed by atoms with Crippen LogP contribution in [0.4, 0.5) is 4.79 Å². The van der Waals surface area contributed by atoms with Crippen LogP contribution < -0.4 is 5.32 Å². The van der Waals surface area contributed by atoms with E-state index in [4.69, 9.17) is 4.74 Å². The van der Waals surface area contributed by atoms with Crippen molar-refractivity contribution in [2.75, 3.05) is 6.54 Å². The van der Waals surface area contributed by atoms with E-state index in [-0.39, 0.29) is 13.0 Å². The molecular formula is C15H22N4O4. The summed E-state index contributed by atoms with van der Waals surface area (Å²) in [4.78, 5) is 19.6. The highest BCUT2D eigenvalue weighted by Crippen LogP contribution is 2.19. The van der Waals surface area contributed by atoms with Crippen molar-refractivity contribution >= 4 is 11.7 Å². The average molecular weight is 322 g/mol. The maximum absolute atomic E-state index is 11.5. The van der Waals surface area contributed by atoms with Crippen LogP contribution in [-0.4, -0.2) is 48.9 Å². The summed E-state index contributed by atoms with van der Waals surface area (Å²) in [7, 11) is 0. The Morgan fingerprint density at radius 3 is 2.83 bits per heavy atom. The lowest BCUT2D eigenvalue weighted by molar-refractivity contribution is 0.00947. The van der Waals surface area contributed by atoms with Gasteiger partial charge in [0.05, 0.1) is 24.2 Å². The Balaban J connectivity index is 1.88. The molecule has 0 bridgehead atoms. The number of fused-ring (bicyclic) bond motifs is 1. The van der Waals surface area contributed by atoms with Crippen molar-refractivity contribution in [3.63, 3.8) is 0 Å². The Kier molecular flexibility index (Phi) is 5.17. The number of hydrogen-bond acceptors (Lipinski definition) is 6. The lowest BCUT2D eigenvalue weighted by atomic mass is 10.1. The van der Waals surface area contributed by atoms with Gasteiger partial charge < -0.3 is 20.3 Å². The smallest absolute Gasteiger partial charge is 0.407 e. The van der Waals surface area contributed by atoms with Gasteiger partial charge in [-0.1, -0.05) is 0 Å². The number of alkyl carbamates (subject to hydrolysis) is 1. The maximum Gasteiger partial charge on any atom is 0.407 e. The lowest BCUT2D eigenvalue weighted by Gasteiger charge is -2.21. The van der Waals surface area contributed by atoms with Crippen molar-refractivity contribution in [3.8, 4) is 0 Å². The number of nitrogens with one attached hydrogen (secondary N) is 1. The molecule has 23 heavy (non-hydrogen) atoms. The Morgan fingerprint density at radius 1 is 1.39 bits per heavy atom. The quantitative estimate of drug-likeness (QED) is 0.759. The fourth-order valence-corrected chi connectivity index (χ4v) is 2.07. The van der Waals surface area contributed by atoms with E-state index in [1.54, 1.807) is 43.8 Å². The third kappa shape index (κ3) is 4.64. The molecule has 0 saturated heterocycles. The van der Waals surface area contributed by atoms with Crippen LogP contribution in [0, 0.1) is 0 Å². The van der Waals surface area contributed by atoms with Gasteiger partial charge >= 0.3 is 6.09 Å². The number of imidazole rings is 1. The van der Waals surface area contributed by atoms with Gasteiger partial charge in [0, 0.05) is 18.9 Å². The van der Waals surface area contributed by atoms with E-state index in [0.29, 0.717) is 11.3 Å². The van der Waals surface area contributed by atoms with Crippen molar-refractivity contribution < 1.29 is 19.7 Å². The van der Waals surface area contributed by atoms with Crippen LogP contribution in [0.1, 0.15) is 39.0 Å². The van der Waals surface area contributed by atoms with Crippen LogP contribution in [-0.2, 0) is 4.74 Å². The minimum absolute atomic E-state index is 0.179. The van der Waals surface area contributed by atoms with Gasteiger partial charge in [-0.25, -0.2) is 9.78 Å². The molecule has 2 unspecified atom stereocenters. The summed E-state index contributed by atoms with van der Waals surface area (Å²) in [5.74, 6) is 0. The summed E-state index contributed by atoms with van der Waals surface area (Å²) in [5.41, 5.74) is 0.472. The van der Waals surface area contributed by atoms with Crippen molar-refractivity contribution in [1.82, 2.24) is 19.7 Å². The van der Waals surface area contributed by atoms with Crippen LogP contribution >= 0.6 is 0 Å². The molecule has 2 aromatic heterocycles. The van der Waals surface area contributed by atoms with E-state index in [1.165, 1.54) is 6.20 Å². The van der Waals surface area contributed by atoms with Gasteiger partial charge in [-0.05, 0) is 27.2 Å². The fraction of sp³-hybridized carbons (Fsp3) is 0.533. The summed E-state index contributed by atoms with van der Waals surface area (Å²) in [6.07, 6.45) is 3.75. The number of aromatic nitrogens is 3. The molecule has 2 heterocycles. The molecule has 0 aliphatic heterocycles. The molecule has 0 aliphatic carbocycles. The van der Waals surface area contributed by atoms with Crippen LogP contribution in [0.15, 0.2) is 24.8 Å². The molecule has 0 spiro atoms. The summed E-state index contributed by atoms with van der Waals surface area (Å²) >= 11 is 0. The van der Waals surface area contributed by atoms with Crippen molar-refractivity contribution in [3.05, 3.63) is 30.5 Å². The summed E-state index contributed by atoms with van der Waals surface area (Å²) in [6.45, 7) is 5.49. The van der Waals surface area contributed by atoms with Crippen molar-refractivity contribution in [2.24, 2.45) is 0 Å². The largest absolute Gasteiger partial charge is 0.444 e. The minimum Gasteiger partial charge on any atom is -0.444 e. The summed E-state index contributed by atoms with van der Waals surface area (Å²) in [5, 5.41) is 22.9. The lowest BCUT2D eigenvalue weighted by Crippen LogP contribution is -2.34. The molecule has 8 nitrogen and oxygen atoms in total. The number of ether oxygens (including phenoxy) is 1. The second kappa shape index (κ2) is 6.93. The number of rotatable bonds is 5. The molecule has 0 aromatic carbocycles. The van der Waals surface area contributed by atoms with Crippen molar-refractivity contribution in [1.29, 1.82) is 0 Å². The van der Waals surface area contributed by atoms with Gasteiger partial charge in [0.15, 0.2) is 5.65 Å². The standard InChI is InChI=1S/C15H22N4O4/c1-15(2,3)23-14(22)17-5-4-11(20)13(21)10-8-18-12-9-16-6-7-19(10)12/h6-9,11,13,20-21H,4-5H2,1-3H3,(H,17,22). The Morgan fingerprint density at radius 2 is 2.13 bits per heavy atom. The molecule has 0 radical (unpaired) electrons. The van der Waals surface area contributed by atoms with E-state index in [0.717, 1.165) is 0 Å². The molecule has 0 saturated carbocycles. The topological polar surface area (TPSA) is 109 Å². The fourth-order valence-electron chi connectivity index (χ4n) is 2.07. The van der Waals surface area contributed by atoms with Crippen LogP contribution in [0.5, 0.6) is 0 Å². The molecular weight excluding hydrogens is 300 g/mol. The predicted octanol–water partition coefficient (Wildman–Crippen LogP) is 1.04. The zero-order chi connectivity index (χ0) is 17.0. The second-order valence-electron chi connectivity index (χ2n) is 6.22. The van der Waals surface area contributed by atoms with Gasteiger partial charge in [0.1, 0.15) is 11.7 Å². The van der Waals surface area contributed by atoms with Crippen LogP contribution in [0.2, 0.25) is 0 Å². The Labute approximate surface area is 134 Å². The van der Waals surface area contributed by atoms with Gasteiger partial charge in [-0.2, -0.15) is 0 Å². The Bertz CT molecular complexity index is 665. The molecule has 2 rings (SSSR count). The van der Waals surface area contributed by atoms with Crippen LogP contribution in [0.3, 0.4) is 0 Å². The van der Waals surface area contributed by atoms with E-state index in [2.05, 4.69) is 15.3 Å². The molecule has 0 fully saturated rings. The molecule has 2 aromatic rings. The SMILES string of the molecule is CC(C)(C)OC(=O)NCCC(O)C(O)c1cnc2cnccn12. The molecule has 8 heteroatoms. The first kappa shape index (κ1) is 17.2. The molecule has 1 amide bonds. The number of aliphatic hydroxyl groups is 2. The van der Waals surface area contributed by atoms with Gasteiger partial charge in [-0.3, -0.25) is 9.38 Å². The Hall–Kier alpha value is -2.19. The highest BCUT2D eigenvalue weighted by molar-refractivity contribution is 5.67. The number of amides is 1. The molecule has 0 aliphatic rings. The number of hydrogen-bond donors (Lipinski definition) is 3. The first-order chi connectivity index (χ1) is 10.8. The zero-order valence-electron chi connectivity index (χ0n) is 13.4.